The number of hydrogen-bond acceptors (Lipinski definition) is 2. The van der Waals surface area contributed by atoms with Crippen molar-refractivity contribution in [2.75, 3.05) is 0 Å². The number of amides is 1. The minimum absolute atomic E-state index is 0.373. The van der Waals surface area contributed by atoms with Crippen molar-refractivity contribution in [1.82, 2.24) is 4.98 Å². The first kappa shape index (κ1) is 15.7. The first-order valence-electron chi connectivity index (χ1n) is 7.39. The number of benzene rings is 1. The van der Waals surface area contributed by atoms with E-state index in [0.29, 0.717) is 5.56 Å². The molecule has 0 radical (unpaired) electrons. The van der Waals surface area contributed by atoms with E-state index in [1.54, 1.807) is 24.3 Å². The van der Waals surface area contributed by atoms with Crippen molar-refractivity contribution in [1.29, 1.82) is 0 Å². The molecule has 0 bridgehead atoms. The molecule has 0 saturated carbocycles. The monoisotopic (exact) mass is 294 g/mol. The zero-order valence-electron chi connectivity index (χ0n) is 12.6. The number of rotatable bonds is 6. The van der Waals surface area contributed by atoms with Gasteiger partial charge in [0, 0.05) is 22.2 Å². The van der Waals surface area contributed by atoms with Gasteiger partial charge in [-0.3, -0.25) is 9.78 Å². The van der Waals surface area contributed by atoms with E-state index in [0.717, 1.165) is 17.7 Å². The van der Waals surface area contributed by atoms with Gasteiger partial charge in [-0.15, -0.1) is 0 Å². The molecule has 0 aliphatic rings. The average molecular weight is 294 g/mol. The SMILES string of the molecule is CCCCCc1ccc(-c2ccc(C(=O)N=[N+]=[N-])cc2)nc1. The van der Waals surface area contributed by atoms with E-state index in [9.17, 15) is 4.79 Å². The van der Waals surface area contributed by atoms with Crippen LogP contribution in [0.4, 0.5) is 0 Å². The number of azide groups is 1. The maximum absolute atomic E-state index is 11.4. The molecule has 5 nitrogen and oxygen atoms in total. The van der Waals surface area contributed by atoms with Gasteiger partial charge < -0.3 is 0 Å². The zero-order chi connectivity index (χ0) is 15.8. The average Bonchev–Trinajstić information content (AvgIpc) is 2.56. The Balaban J connectivity index is 2.08. The summed E-state index contributed by atoms with van der Waals surface area (Å²) in [6.07, 6.45) is 6.60. The lowest BCUT2D eigenvalue weighted by Crippen LogP contribution is -1.93. The fraction of sp³-hybridized carbons (Fsp3) is 0.294. The quantitative estimate of drug-likeness (QED) is 0.327. The molecule has 1 amide bonds. The van der Waals surface area contributed by atoms with Crippen molar-refractivity contribution >= 4 is 5.91 Å². The number of nitrogens with zero attached hydrogens (tertiary/aromatic N) is 4. The summed E-state index contributed by atoms with van der Waals surface area (Å²) >= 11 is 0. The molecular formula is C17H18N4O. The van der Waals surface area contributed by atoms with Crippen molar-refractivity contribution < 1.29 is 4.79 Å². The second-order valence-electron chi connectivity index (χ2n) is 5.08. The van der Waals surface area contributed by atoms with Crippen LogP contribution in [0.15, 0.2) is 47.7 Å². The minimum Gasteiger partial charge on any atom is -0.287 e. The summed E-state index contributed by atoms with van der Waals surface area (Å²) in [4.78, 5) is 18.4. The topological polar surface area (TPSA) is 78.7 Å². The summed E-state index contributed by atoms with van der Waals surface area (Å²) in [5.74, 6) is -0.576. The Labute approximate surface area is 129 Å². The Morgan fingerprint density at radius 2 is 1.95 bits per heavy atom. The lowest BCUT2D eigenvalue weighted by Gasteiger charge is -2.04. The number of aryl methyl sites for hydroxylation is 1. The van der Waals surface area contributed by atoms with Crippen molar-refractivity contribution in [2.45, 2.75) is 32.6 Å². The highest BCUT2D eigenvalue weighted by atomic mass is 16.1. The molecule has 0 spiro atoms. The van der Waals surface area contributed by atoms with Crippen LogP contribution >= 0.6 is 0 Å². The smallest absolute Gasteiger partial charge is 0.249 e. The van der Waals surface area contributed by atoms with Crippen molar-refractivity contribution in [3.05, 3.63) is 64.2 Å². The maximum Gasteiger partial charge on any atom is 0.249 e. The predicted octanol–water partition coefficient (Wildman–Crippen LogP) is 4.93. The number of carbonyl (C=O) groups excluding carboxylic acids is 1. The Kier molecular flexibility index (Phi) is 5.69. The molecule has 0 atom stereocenters. The molecule has 112 valence electrons. The molecule has 0 aliphatic carbocycles. The lowest BCUT2D eigenvalue weighted by molar-refractivity contribution is 0.100. The van der Waals surface area contributed by atoms with Gasteiger partial charge >= 0.3 is 0 Å². The van der Waals surface area contributed by atoms with Gasteiger partial charge in [0.05, 0.1) is 5.69 Å². The van der Waals surface area contributed by atoms with Gasteiger partial charge in [-0.25, -0.2) is 0 Å². The van der Waals surface area contributed by atoms with E-state index in [1.165, 1.54) is 24.8 Å². The molecular weight excluding hydrogens is 276 g/mol. The Hall–Kier alpha value is -2.65. The van der Waals surface area contributed by atoms with Crippen LogP contribution in [-0.4, -0.2) is 10.9 Å². The van der Waals surface area contributed by atoms with E-state index in [4.69, 9.17) is 5.53 Å². The molecule has 2 rings (SSSR count). The highest BCUT2D eigenvalue weighted by molar-refractivity contribution is 5.95. The predicted molar refractivity (Wildman–Crippen MR) is 86.4 cm³/mol. The number of pyridine rings is 1. The van der Waals surface area contributed by atoms with Crippen LogP contribution in [0.3, 0.4) is 0 Å². The van der Waals surface area contributed by atoms with Crippen molar-refractivity contribution in [3.63, 3.8) is 0 Å². The molecule has 5 heteroatoms. The first-order valence-corrected chi connectivity index (χ1v) is 7.39. The van der Waals surface area contributed by atoms with E-state index in [1.807, 2.05) is 12.3 Å². The van der Waals surface area contributed by atoms with Gasteiger partial charge in [0.25, 0.3) is 0 Å². The standard InChI is InChI=1S/C17H18N4O/c1-2-3-4-5-13-6-11-16(19-12-13)14-7-9-15(10-8-14)17(22)20-21-18/h6-12H,2-5H2,1H3. The molecule has 0 unspecified atom stereocenters. The van der Waals surface area contributed by atoms with Gasteiger partial charge in [0.1, 0.15) is 0 Å². The van der Waals surface area contributed by atoms with E-state index in [-0.39, 0.29) is 0 Å². The summed E-state index contributed by atoms with van der Waals surface area (Å²) in [6.45, 7) is 2.19. The fourth-order valence-corrected chi connectivity index (χ4v) is 2.20. The van der Waals surface area contributed by atoms with E-state index >= 15 is 0 Å². The van der Waals surface area contributed by atoms with Crippen LogP contribution in [0.1, 0.15) is 42.1 Å². The zero-order valence-corrected chi connectivity index (χ0v) is 12.6. The van der Waals surface area contributed by atoms with Gasteiger partial charge in [-0.2, -0.15) is 0 Å². The minimum atomic E-state index is -0.576. The normalized spacial score (nSPS) is 10.0. The van der Waals surface area contributed by atoms with Crippen molar-refractivity contribution in [2.24, 2.45) is 5.11 Å². The number of carbonyl (C=O) groups is 1. The second-order valence-corrected chi connectivity index (χ2v) is 5.08. The highest BCUT2D eigenvalue weighted by Crippen LogP contribution is 2.19. The van der Waals surface area contributed by atoms with Crippen LogP contribution < -0.4 is 0 Å². The summed E-state index contributed by atoms with van der Waals surface area (Å²) in [7, 11) is 0. The molecule has 0 saturated heterocycles. The third kappa shape index (κ3) is 4.17. The van der Waals surface area contributed by atoms with Crippen LogP contribution in [-0.2, 0) is 6.42 Å². The molecule has 2 aromatic rings. The third-order valence-corrected chi connectivity index (χ3v) is 3.46. The number of unbranched alkanes of at least 4 members (excludes halogenated alkanes) is 2. The van der Waals surface area contributed by atoms with Gasteiger partial charge in [0.15, 0.2) is 0 Å². The third-order valence-electron chi connectivity index (χ3n) is 3.46. The molecule has 1 aromatic heterocycles. The highest BCUT2D eigenvalue weighted by Gasteiger charge is 2.04. The van der Waals surface area contributed by atoms with Gasteiger partial charge in [0.2, 0.25) is 5.91 Å². The Bertz CT molecular complexity index is 671. The van der Waals surface area contributed by atoms with E-state index < -0.39 is 5.91 Å². The summed E-state index contributed by atoms with van der Waals surface area (Å²) in [5.41, 5.74) is 11.7. The molecule has 22 heavy (non-hydrogen) atoms. The largest absolute Gasteiger partial charge is 0.287 e. The van der Waals surface area contributed by atoms with Gasteiger partial charge in [-0.05, 0) is 35.1 Å². The molecule has 0 fully saturated rings. The maximum atomic E-state index is 11.4. The molecule has 0 aliphatic heterocycles. The van der Waals surface area contributed by atoms with Crippen LogP contribution in [0, 0.1) is 0 Å². The number of hydrogen-bond donors (Lipinski definition) is 0. The second kappa shape index (κ2) is 7.96. The summed E-state index contributed by atoms with van der Waals surface area (Å²) in [6, 6.07) is 11.0. The van der Waals surface area contributed by atoms with Crippen LogP contribution in [0.25, 0.3) is 21.7 Å². The van der Waals surface area contributed by atoms with Crippen LogP contribution in [0.5, 0.6) is 0 Å². The molecule has 1 aromatic carbocycles. The van der Waals surface area contributed by atoms with E-state index in [2.05, 4.69) is 28.0 Å². The lowest BCUT2D eigenvalue weighted by atomic mass is 10.1. The fourth-order valence-electron chi connectivity index (χ4n) is 2.20. The Morgan fingerprint density at radius 1 is 1.18 bits per heavy atom. The van der Waals surface area contributed by atoms with Crippen molar-refractivity contribution in [3.8, 4) is 11.3 Å². The summed E-state index contributed by atoms with van der Waals surface area (Å²) in [5, 5.41) is 3.07. The molecule has 1 heterocycles. The van der Waals surface area contributed by atoms with Crippen LogP contribution in [0.2, 0.25) is 0 Å². The first-order chi connectivity index (χ1) is 10.7. The number of aromatic nitrogens is 1. The summed E-state index contributed by atoms with van der Waals surface area (Å²) < 4.78 is 0. The molecule has 0 N–H and O–H groups in total. The Morgan fingerprint density at radius 3 is 2.55 bits per heavy atom. The van der Waals surface area contributed by atoms with Gasteiger partial charge in [-0.1, -0.05) is 50.1 Å².